The van der Waals surface area contributed by atoms with E-state index in [1.807, 2.05) is 48.5 Å². The Bertz CT molecular complexity index is 1340. The third kappa shape index (κ3) is 7.95. The van der Waals surface area contributed by atoms with Gasteiger partial charge in [-0.1, -0.05) is 60.7 Å². The predicted octanol–water partition coefficient (Wildman–Crippen LogP) is 7.04. The second kappa shape index (κ2) is 11.2. The Morgan fingerprint density at radius 2 is 1.41 bits per heavy atom. The first-order valence-electron chi connectivity index (χ1n) is 11.4. The van der Waals surface area contributed by atoms with Gasteiger partial charge in [0.1, 0.15) is 11.5 Å². The fourth-order valence-corrected chi connectivity index (χ4v) is 3.67. The lowest BCUT2D eigenvalue weighted by Gasteiger charge is -2.16. The minimum Gasteiger partial charge on any atom is -0.426 e. The van der Waals surface area contributed by atoms with Crippen LogP contribution in [0.1, 0.15) is 43.9 Å². The van der Waals surface area contributed by atoms with Crippen molar-refractivity contribution in [3.05, 3.63) is 95.6 Å². The second-order valence-corrected chi connectivity index (χ2v) is 10.9. The zero-order chi connectivity index (χ0) is 27.3. The van der Waals surface area contributed by atoms with Crippen LogP contribution in [0.4, 0.5) is 13.2 Å². The number of aryl methyl sites for hydroxylation is 1. The van der Waals surface area contributed by atoms with Crippen LogP contribution in [0.5, 0.6) is 11.5 Å². The van der Waals surface area contributed by atoms with Crippen molar-refractivity contribution in [3.8, 4) is 11.5 Å². The summed E-state index contributed by atoms with van der Waals surface area (Å²) in [5, 5.41) is 0. The predicted molar refractivity (Wildman–Crippen MR) is 136 cm³/mol. The first-order valence-corrected chi connectivity index (χ1v) is 12.8. The zero-order valence-electron chi connectivity index (χ0n) is 20.6. The molecule has 3 aromatic carbocycles. The summed E-state index contributed by atoms with van der Waals surface area (Å²) < 4.78 is 69.5. The van der Waals surface area contributed by atoms with Gasteiger partial charge in [-0.3, -0.25) is 4.79 Å². The highest BCUT2D eigenvalue weighted by atomic mass is 32.2. The number of benzene rings is 3. The Kier molecular flexibility index (Phi) is 8.48. The number of hydrogen-bond acceptors (Lipinski definition) is 5. The number of carbonyl (C=O) groups is 1. The molecule has 3 aromatic rings. The highest BCUT2D eigenvalue weighted by Gasteiger charge is 2.48. The molecule has 0 spiro atoms. The molecule has 0 aromatic heterocycles. The molecule has 0 bridgehead atoms. The molecule has 0 fully saturated rings. The summed E-state index contributed by atoms with van der Waals surface area (Å²) in [7, 11) is -5.71. The summed E-state index contributed by atoms with van der Waals surface area (Å²) >= 11 is 0. The van der Waals surface area contributed by atoms with Gasteiger partial charge in [0.2, 0.25) is 0 Å². The molecule has 9 heteroatoms. The van der Waals surface area contributed by atoms with Crippen LogP contribution in [0.15, 0.2) is 78.9 Å². The van der Waals surface area contributed by atoms with Crippen LogP contribution in [-0.2, 0) is 21.3 Å². The first kappa shape index (κ1) is 28.0. The van der Waals surface area contributed by atoms with E-state index in [1.54, 1.807) is 32.9 Å². The van der Waals surface area contributed by atoms with Crippen molar-refractivity contribution in [1.29, 1.82) is 0 Å². The molecule has 0 aliphatic rings. The Hall–Kier alpha value is -3.59. The number of ether oxygens (including phenoxy) is 1. The third-order valence-corrected chi connectivity index (χ3v) is 6.26. The van der Waals surface area contributed by atoms with Crippen molar-refractivity contribution in [1.82, 2.24) is 0 Å². The van der Waals surface area contributed by atoms with Gasteiger partial charge in [0.15, 0.2) is 0 Å². The number of alkyl halides is 3. The van der Waals surface area contributed by atoms with Crippen LogP contribution in [0.25, 0.3) is 11.6 Å². The molecule has 0 aliphatic heterocycles. The van der Waals surface area contributed by atoms with E-state index in [1.165, 1.54) is 24.3 Å². The molecule has 0 radical (unpaired) electrons. The highest BCUT2D eigenvalue weighted by Crippen LogP contribution is 2.29. The van der Waals surface area contributed by atoms with Crippen LogP contribution in [0, 0.1) is 5.41 Å². The van der Waals surface area contributed by atoms with E-state index < -0.39 is 26.8 Å². The summed E-state index contributed by atoms with van der Waals surface area (Å²) in [5.41, 5.74) is -2.40. The maximum absolute atomic E-state index is 12.5. The molecule has 0 atom stereocenters. The monoisotopic (exact) mass is 532 g/mol. The van der Waals surface area contributed by atoms with Gasteiger partial charge in [-0.05, 0) is 80.1 Å². The lowest BCUT2D eigenvalue weighted by molar-refractivity contribution is -0.143. The Morgan fingerprint density at radius 1 is 0.838 bits per heavy atom. The van der Waals surface area contributed by atoms with Crippen LogP contribution in [0.2, 0.25) is 0 Å². The van der Waals surface area contributed by atoms with E-state index in [2.05, 4.69) is 4.18 Å². The molecular formula is C28H27F3O5S. The number of halogens is 3. The molecule has 5 nitrogen and oxygen atoms in total. The number of allylic oxidation sites excluding steroid dienone is 1. The number of carbonyl (C=O) groups excluding carboxylic acids is 1. The Labute approximate surface area is 214 Å². The van der Waals surface area contributed by atoms with Crippen LogP contribution in [-0.4, -0.2) is 19.9 Å². The van der Waals surface area contributed by atoms with Gasteiger partial charge in [-0.25, -0.2) is 0 Å². The Morgan fingerprint density at radius 3 is 1.95 bits per heavy atom. The smallest absolute Gasteiger partial charge is 0.426 e. The van der Waals surface area contributed by atoms with Gasteiger partial charge in [0, 0.05) is 0 Å². The largest absolute Gasteiger partial charge is 0.534 e. The molecule has 0 amide bonds. The van der Waals surface area contributed by atoms with E-state index >= 15 is 0 Å². The van der Waals surface area contributed by atoms with Crippen molar-refractivity contribution < 1.29 is 35.3 Å². The van der Waals surface area contributed by atoms with Gasteiger partial charge >= 0.3 is 21.6 Å². The van der Waals surface area contributed by atoms with Crippen LogP contribution < -0.4 is 8.92 Å². The van der Waals surface area contributed by atoms with Crippen LogP contribution >= 0.6 is 0 Å². The van der Waals surface area contributed by atoms with E-state index in [9.17, 15) is 26.4 Å². The first-order chi connectivity index (χ1) is 17.2. The third-order valence-electron chi connectivity index (χ3n) is 5.28. The summed E-state index contributed by atoms with van der Waals surface area (Å²) in [6.45, 7) is 5.34. The molecule has 0 aliphatic carbocycles. The normalized spacial score (nSPS) is 12.8. The zero-order valence-corrected chi connectivity index (χ0v) is 21.4. The SMILES string of the molecule is CC(C)(C)C(=O)Oc1ccc(C=C(CCc2ccc(OS(=O)(=O)C(F)(F)F)cc2)c2ccccc2)cc1. The summed E-state index contributed by atoms with van der Waals surface area (Å²) in [4.78, 5) is 12.1. The van der Waals surface area contributed by atoms with Gasteiger partial charge in [-0.15, -0.1) is 0 Å². The Balaban J connectivity index is 1.75. The molecule has 0 unspecified atom stereocenters. The summed E-state index contributed by atoms with van der Waals surface area (Å²) in [6, 6.07) is 22.3. The standard InChI is InChI=1S/C28H27F3O5S/c1-27(2,3)26(32)35-24-15-12-21(13-16-24)19-23(22-7-5-4-6-8-22)14-9-20-10-17-25(18-11-20)36-37(33,34)28(29,30)31/h4-8,10-13,15-19H,9,14H2,1-3H3. The van der Waals surface area contributed by atoms with E-state index in [0.29, 0.717) is 18.6 Å². The molecular weight excluding hydrogens is 505 g/mol. The van der Waals surface area contributed by atoms with Gasteiger partial charge < -0.3 is 8.92 Å². The van der Waals surface area contributed by atoms with E-state index in [-0.39, 0.29) is 5.97 Å². The number of esters is 1. The molecule has 196 valence electrons. The molecule has 0 heterocycles. The summed E-state index contributed by atoms with van der Waals surface area (Å²) in [5.74, 6) is -0.284. The second-order valence-electron chi connectivity index (χ2n) is 9.37. The lowest BCUT2D eigenvalue weighted by atomic mass is 9.96. The van der Waals surface area contributed by atoms with Crippen LogP contribution in [0.3, 0.4) is 0 Å². The molecule has 37 heavy (non-hydrogen) atoms. The highest BCUT2D eigenvalue weighted by molar-refractivity contribution is 7.88. The minimum atomic E-state index is -5.71. The fourth-order valence-electron chi connectivity index (χ4n) is 3.21. The lowest BCUT2D eigenvalue weighted by Crippen LogP contribution is -2.28. The van der Waals surface area contributed by atoms with Gasteiger partial charge in [0.25, 0.3) is 0 Å². The average molecular weight is 533 g/mol. The van der Waals surface area contributed by atoms with Crippen molar-refractivity contribution in [3.63, 3.8) is 0 Å². The van der Waals surface area contributed by atoms with Gasteiger partial charge in [-0.2, -0.15) is 21.6 Å². The number of rotatable bonds is 8. The van der Waals surface area contributed by atoms with E-state index in [0.717, 1.165) is 22.3 Å². The van der Waals surface area contributed by atoms with Crippen molar-refractivity contribution in [2.24, 2.45) is 5.41 Å². The van der Waals surface area contributed by atoms with Crippen molar-refractivity contribution >= 4 is 27.7 Å². The molecule has 0 saturated heterocycles. The topological polar surface area (TPSA) is 69.7 Å². The van der Waals surface area contributed by atoms with Gasteiger partial charge in [0.05, 0.1) is 5.41 Å². The van der Waals surface area contributed by atoms with Crippen molar-refractivity contribution in [2.75, 3.05) is 0 Å². The number of hydrogen-bond donors (Lipinski definition) is 0. The molecule has 3 rings (SSSR count). The van der Waals surface area contributed by atoms with Crippen molar-refractivity contribution in [2.45, 2.75) is 39.1 Å². The molecule has 0 saturated carbocycles. The fraction of sp³-hybridized carbons (Fsp3) is 0.250. The minimum absolute atomic E-state index is 0.326. The summed E-state index contributed by atoms with van der Waals surface area (Å²) in [6.07, 6.45) is 3.16. The van der Waals surface area contributed by atoms with E-state index in [4.69, 9.17) is 4.74 Å². The maximum Gasteiger partial charge on any atom is 0.534 e. The molecule has 0 N–H and O–H groups in total. The average Bonchev–Trinajstić information content (AvgIpc) is 2.83. The quantitative estimate of drug-likeness (QED) is 0.102. The maximum atomic E-state index is 12.5.